The average Bonchev–Trinajstić information content (AvgIpc) is 2.43. The molecule has 0 aliphatic heterocycles. The molecule has 0 aliphatic carbocycles. The minimum absolute atomic E-state index is 0.0278. The monoisotopic (exact) mass is 294 g/mol. The Morgan fingerprint density at radius 3 is 2.52 bits per heavy atom. The van der Waals surface area contributed by atoms with Crippen LogP contribution in [0.4, 0.5) is 10.5 Å². The minimum Gasteiger partial charge on any atom is -0.478 e. The zero-order valence-electron chi connectivity index (χ0n) is 12.2. The van der Waals surface area contributed by atoms with Gasteiger partial charge in [-0.3, -0.25) is 4.79 Å². The summed E-state index contributed by atoms with van der Waals surface area (Å²) in [5.41, 5.74) is 0.757. The predicted molar refractivity (Wildman–Crippen MR) is 76.4 cm³/mol. The van der Waals surface area contributed by atoms with Crippen molar-refractivity contribution in [3.8, 4) is 0 Å². The number of methoxy groups -OCH3 is 1. The summed E-state index contributed by atoms with van der Waals surface area (Å²) in [4.78, 5) is 35.8. The van der Waals surface area contributed by atoms with Crippen LogP contribution in [0.5, 0.6) is 0 Å². The van der Waals surface area contributed by atoms with E-state index in [1.165, 1.54) is 18.1 Å². The first-order chi connectivity index (χ1) is 9.90. The van der Waals surface area contributed by atoms with Crippen LogP contribution in [0.25, 0.3) is 0 Å². The van der Waals surface area contributed by atoms with Gasteiger partial charge >= 0.3 is 18.0 Å². The second kappa shape index (κ2) is 7.28. The number of carbonyl (C=O) groups is 3. The van der Waals surface area contributed by atoms with Gasteiger partial charge in [0.25, 0.3) is 0 Å². The lowest BCUT2D eigenvalue weighted by molar-refractivity contribution is -0.141. The van der Waals surface area contributed by atoms with E-state index in [1.807, 2.05) is 0 Å². The van der Waals surface area contributed by atoms with Crippen LogP contribution in [-0.4, -0.2) is 48.2 Å². The number of rotatable bonds is 5. The van der Waals surface area contributed by atoms with Crippen molar-refractivity contribution in [3.05, 3.63) is 29.3 Å². The highest BCUT2D eigenvalue weighted by Crippen LogP contribution is 2.20. The Kier molecular flexibility index (Phi) is 5.71. The van der Waals surface area contributed by atoms with Gasteiger partial charge in [-0.2, -0.15) is 0 Å². The fraction of sp³-hybridized carbons (Fsp3) is 0.357. The van der Waals surface area contributed by atoms with Gasteiger partial charge in [0.1, 0.15) is 6.54 Å². The fourth-order valence-corrected chi connectivity index (χ4v) is 1.80. The maximum absolute atomic E-state index is 12.1. The summed E-state index contributed by atoms with van der Waals surface area (Å²) in [5, 5.41) is 11.7. The molecule has 0 atom stereocenters. The van der Waals surface area contributed by atoms with Gasteiger partial charge in [0.2, 0.25) is 0 Å². The molecule has 0 aliphatic rings. The van der Waals surface area contributed by atoms with Gasteiger partial charge in [-0.1, -0.05) is 12.1 Å². The lowest BCUT2D eigenvalue weighted by Crippen LogP contribution is -2.39. The number of urea groups is 1. The molecule has 0 unspecified atom stereocenters. The topological polar surface area (TPSA) is 95.9 Å². The maximum Gasteiger partial charge on any atom is 0.338 e. The van der Waals surface area contributed by atoms with Gasteiger partial charge < -0.3 is 20.1 Å². The molecule has 1 aromatic rings. The number of esters is 1. The van der Waals surface area contributed by atoms with E-state index >= 15 is 0 Å². The van der Waals surface area contributed by atoms with Crippen LogP contribution in [-0.2, 0) is 9.53 Å². The fourth-order valence-electron chi connectivity index (χ4n) is 1.80. The number of ether oxygens (including phenoxy) is 1. The molecule has 1 aromatic carbocycles. The van der Waals surface area contributed by atoms with Gasteiger partial charge in [-0.05, 0) is 25.5 Å². The molecule has 0 saturated carbocycles. The summed E-state index contributed by atoms with van der Waals surface area (Å²) in [6.07, 6.45) is 0. The van der Waals surface area contributed by atoms with Crippen LogP contribution in [0.1, 0.15) is 22.8 Å². The first-order valence-corrected chi connectivity index (χ1v) is 6.36. The Morgan fingerprint density at radius 2 is 2.00 bits per heavy atom. The van der Waals surface area contributed by atoms with Crippen LogP contribution in [0.3, 0.4) is 0 Å². The first kappa shape index (κ1) is 16.5. The number of likely N-dealkylation sites (N-methyl/N-ethyl adjacent to an activating group) is 1. The first-order valence-electron chi connectivity index (χ1n) is 6.36. The van der Waals surface area contributed by atoms with E-state index in [1.54, 1.807) is 26.0 Å². The Balaban J connectivity index is 2.94. The molecule has 0 saturated heterocycles. The van der Waals surface area contributed by atoms with E-state index < -0.39 is 18.0 Å². The summed E-state index contributed by atoms with van der Waals surface area (Å²) in [7, 11) is 1.23. The van der Waals surface area contributed by atoms with E-state index in [0.29, 0.717) is 5.56 Å². The van der Waals surface area contributed by atoms with Gasteiger partial charge in [-0.15, -0.1) is 0 Å². The molecule has 2 amide bonds. The predicted octanol–water partition coefficient (Wildman–Crippen LogP) is 1.72. The molecular weight excluding hydrogens is 276 g/mol. The van der Waals surface area contributed by atoms with Crippen LogP contribution in [0, 0.1) is 6.92 Å². The molecule has 21 heavy (non-hydrogen) atoms. The van der Waals surface area contributed by atoms with Crippen molar-refractivity contribution in [2.45, 2.75) is 13.8 Å². The van der Waals surface area contributed by atoms with Gasteiger partial charge in [-0.25, -0.2) is 9.59 Å². The standard InChI is InChI=1S/C14H18N2O5/c1-4-16(8-11(17)21-3)14(20)15-10-7-5-6-9(2)12(10)13(18)19/h5-7H,4,8H2,1-3H3,(H,15,20)(H,18,19). The zero-order chi connectivity index (χ0) is 16.0. The second-order valence-electron chi connectivity index (χ2n) is 4.32. The van der Waals surface area contributed by atoms with Gasteiger partial charge in [0, 0.05) is 6.54 Å². The number of anilines is 1. The molecule has 0 aromatic heterocycles. The summed E-state index contributed by atoms with van der Waals surface area (Å²) in [6, 6.07) is 4.23. The molecule has 1 rings (SSSR count). The smallest absolute Gasteiger partial charge is 0.338 e. The van der Waals surface area contributed by atoms with Gasteiger partial charge in [0.05, 0.1) is 18.4 Å². The summed E-state index contributed by atoms with van der Waals surface area (Å²) in [5.74, 6) is -1.67. The van der Waals surface area contributed by atoms with Crippen molar-refractivity contribution < 1.29 is 24.2 Å². The summed E-state index contributed by atoms with van der Waals surface area (Å²) in [6.45, 7) is 3.43. The third-order valence-electron chi connectivity index (χ3n) is 2.94. The normalized spacial score (nSPS) is 9.86. The molecule has 0 heterocycles. The molecule has 114 valence electrons. The number of carbonyl (C=O) groups excluding carboxylic acids is 2. The number of nitrogens with one attached hydrogen (secondary N) is 1. The quantitative estimate of drug-likeness (QED) is 0.806. The molecule has 0 radical (unpaired) electrons. The highest BCUT2D eigenvalue weighted by Gasteiger charge is 2.19. The lowest BCUT2D eigenvalue weighted by atomic mass is 10.1. The maximum atomic E-state index is 12.1. The van der Waals surface area contributed by atoms with Crippen molar-refractivity contribution in [3.63, 3.8) is 0 Å². The van der Waals surface area contributed by atoms with Crippen molar-refractivity contribution in [2.24, 2.45) is 0 Å². The number of hydrogen-bond donors (Lipinski definition) is 2. The van der Waals surface area contributed by atoms with Crippen molar-refractivity contribution >= 4 is 23.7 Å². The summed E-state index contributed by atoms with van der Waals surface area (Å²) < 4.78 is 4.51. The minimum atomic E-state index is -1.13. The number of benzene rings is 1. The van der Waals surface area contributed by atoms with E-state index in [9.17, 15) is 19.5 Å². The van der Waals surface area contributed by atoms with E-state index in [4.69, 9.17) is 0 Å². The molecular formula is C14H18N2O5. The lowest BCUT2D eigenvalue weighted by Gasteiger charge is -2.20. The number of carboxylic acid groups (broad SMARTS) is 1. The van der Waals surface area contributed by atoms with Gasteiger partial charge in [0.15, 0.2) is 0 Å². The zero-order valence-corrected chi connectivity index (χ0v) is 12.2. The Labute approximate surface area is 122 Å². The van der Waals surface area contributed by atoms with E-state index in [0.717, 1.165) is 0 Å². The number of nitrogens with zero attached hydrogens (tertiary/aromatic N) is 1. The van der Waals surface area contributed by atoms with Crippen molar-refractivity contribution in [1.82, 2.24) is 4.90 Å². The second-order valence-corrected chi connectivity index (χ2v) is 4.32. The SMILES string of the molecule is CCN(CC(=O)OC)C(=O)Nc1cccc(C)c1C(=O)O. The van der Waals surface area contributed by atoms with Crippen LogP contribution in [0.2, 0.25) is 0 Å². The number of aryl methyl sites for hydroxylation is 1. The highest BCUT2D eigenvalue weighted by atomic mass is 16.5. The third kappa shape index (κ3) is 4.20. The van der Waals surface area contributed by atoms with E-state index in [-0.39, 0.29) is 24.3 Å². The third-order valence-corrected chi connectivity index (χ3v) is 2.94. The molecule has 0 spiro atoms. The van der Waals surface area contributed by atoms with E-state index in [2.05, 4.69) is 10.1 Å². The van der Waals surface area contributed by atoms with Crippen molar-refractivity contribution in [2.75, 3.05) is 25.5 Å². The Morgan fingerprint density at radius 1 is 1.33 bits per heavy atom. The highest BCUT2D eigenvalue weighted by molar-refractivity contribution is 6.01. The Hall–Kier alpha value is -2.57. The largest absolute Gasteiger partial charge is 0.478 e. The number of carboxylic acids is 1. The average molecular weight is 294 g/mol. The number of amides is 2. The molecule has 7 nitrogen and oxygen atoms in total. The molecule has 0 fully saturated rings. The molecule has 7 heteroatoms. The van der Waals surface area contributed by atoms with Crippen molar-refractivity contribution in [1.29, 1.82) is 0 Å². The Bertz CT molecular complexity index is 556. The van der Waals surface area contributed by atoms with Crippen LogP contribution in [0.15, 0.2) is 18.2 Å². The number of aromatic carboxylic acids is 1. The summed E-state index contributed by atoms with van der Waals surface area (Å²) >= 11 is 0. The molecule has 2 N–H and O–H groups in total. The van der Waals surface area contributed by atoms with Crippen LogP contribution < -0.4 is 5.32 Å². The molecule has 0 bridgehead atoms. The van der Waals surface area contributed by atoms with Crippen LogP contribution >= 0.6 is 0 Å². The number of hydrogen-bond acceptors (Lipinski definition) is 4.